The predicted octanol–water partition coefficient (Wildman–Crippen LogP) is 4.37. The molecule has 2 bridgehead atoms. The van der Waals surface area contributed by atoms with Gasteiger partial charge in [0.05, 0.1) is 29.8 Å². The van der Waals surface area contributed by atoms with Crippen LogP contribution in [0.1, 0.15) is 64.7 Å². The maximum absolute atomic E-state index is 14.6. The number of fused-ring (bicyclic) bond motifs is 3. The van der Waals surface area contributed by atoms with Crippen LogP contribution in [0.3, 0.4) is 0 Å². The summed E-state index contributed by atoms with van der Waals surface area (Å²) in [7, 11) is 3.14. The van der Waals surface area contributed by atoms with Crippen LogP contribution >= 0.6 is 0 Å². The number of carbonyl (C=O) groups is 2. The van der Waals surface area contributed by atoms with Crippen molar-refractivity contribution in [3.63, 3.8) is 0 Å². The summed E-state index contributed by atoms with van der Waals surface area (Å²) < 4.78 is 24.5. The van der Waals surface area contributed by atoms with E-state index in [1.54, 1.807) is 38.5 Å². The highest BCUT2D eigenvalue weighted by Gasteiger charge is 2.68. The van der Waals surface area contributed by atoms with Gasteiger partial charge in [0.25, 0.3) is 0 Å². The second-order valence-corrected chi connectivity index (χ2v) is 11.9. The molecule has 1 aliphatic heterocycles. The molecule has 204 valence electrons. The van der Waals surface area contributed by atoms with E-state index >= 15 is 0 Å². The molecule has 0 unspecified atom stereocenters. The number of hydrogen-bond acceptors (Lipinski definition) is 7. The van der Waals surface area contributed by atoms with E-state index in [1.165, 1.54) is 0 Å². The van der Waals surface area contributed by atoms with Crippen molar-refractivity contribution in [3.8, 4) is 0 Å². The standard InChI is InChI=1S/C30H42O7/c1-17-15-30(33)26(37-27(32)20-12-10-9-11-13-20)21-16-36-18(2)14-22(34-7)29(21,6)25(31)24(35-8)23(19(17)3)28(30,4)5/h9-13,17-18,21-22,24,26,33H,14-16H2,1-8H3/t17-,18-,21-,22-,24+,26-,29-,30+/m0/s1. The minimum atomic E-state index is -1.50. The molecule has 0 spiro atoms. The van der Waals surface area contributed by atoms with Gasteiger partial charge >= 0.3 is 5.97 Å². The molecule has 1 heterocycles. The lowest BCUT2D eigenvalue weighted by atomic mass is 9.49. The average molecular weight is 515 g/mol. The zero-order chi connectivity index (χ0) is 27.3. The number of ether oxygens (including phenoxy) is 4. The molecule has 2 fully saturated rings. The first-order valence-electron chi connectivity index (χ1n) is 13.3. The molecule has 1 N–H and O–H groups in total. The number of Topliss-reactive ketones (excluding diaryl/α,β-unsaturated/α-hetero) is 1. The van der Waals surface area contributed by atoms with Crippen molar-refractivity contribution in [2.45, 2.75) is 84.4 Å². The van der Waals surface area contributed by atoms with Crippen LogP contribution in [-0.4, -0.2) is 67.7 Å². The Bertz CT molecular complexity index is 1060. The van der Waals surface area contributed by atoms with Crippen LogP contribution in [0, 0.1) is 22.7 Å². The van der Waals surface area contributed by atoms with E-state index in [2.05, 4.69) is 0 Å². The molecule has 0 radical (unpaired) electrons. The summed E-state index contributed by atoms with van der Waals surface area (Å²) in [5.74, 6) is -1.40. The summed E-state index contributed by atoms with van der Waals surface area (Å²) in [6.45, 7) is 11.8. The van der Waals surface area contributed by atoms with E-state index < -0.39 is 46.6 Å². The smallest absolute Gasteiger partial charge is 0.338 e. The minimum absolute atomic E-state index is 0.0513. The topological polar surface area (TPSA) is 91.3 Å². The number of aliphatic hydroxyl groups is 1. The highest BCUT2D eigenvalue weighted by atomic mass is 16.6. The van der Waals surface area contributed by atoms with Gasteiger partial charge in [-0.1, -0.05) is 44.5 Å². The molecule has 37 heavy (non-hydrogen) atoms. The van der Waals surface area contributed by atoms with Gasteiger partial charge in [-0.2, -0.15) is 0 Å². The largest absolute Gasteiger partial charge is 0.455 e. The highest BCUT2D eigenvalue weighted by Crippen LogP contribution is 2.59. The average Bonchev–Trinajstić information content (AvgIpc) is 2.99. The number of benzene rings is 1. The van der Waals surface area contributed by atoms with Crippen LogP contribution in [0.5, 0.6) is 0 Å². The van der Waals surface area contributed by atoms with Crippen molar-refractivity contribution in [1.82, 2.24) is 0 Å². The predicted molar refractivity (Wildman–Crippen MR) is 139 cm³/mol. The fraction of sp³-hybridized carbons (Fsp3) is 0.667. The summed E-state index contributed by atoms with van der Waals surface area (Å²) in [6, 6.07) is 8.75. The normalized spacial score (nSPS) is 39.8. The molecular weight excluding hydrogens is 472 g/mol. The summed E-state index contributed by atoms with van der Waals surface area (Å²) in [6.07, 6.45) is -1.75. The lowest BCUT2D eigenvalue weighted by molar-refractivity contribution is -0.214. The quantitative estimate of drug-likeness (QED) is 0.471. The molecular formula is C30H42O7. The number of hydrogen-bond donors (Lipinski definition) is 1. The monoisotopic (exact) mass is 514 g/mol. The third kappa shape index (κ3) is 4.19. The maximum Gasteiger partial charge on any atom is 0.338 e. The van der Waals surface area contributed by atoms with Crippen molar-refractivity contribution in [2.75, 3.05) is 20.8 Å². The molecule has 4 rings (SSSR count). The zero-order valence-electron chi connectivity index (χ0n) is 23.4. The minimum Gasteiger partial charge on any atom is -0.455 e. The summed E-state index contributed by atoms with van der Waals surface area (Å²) >= 11 is 0. The highest BCUT2D eigenvalue weighted by molar-refractivity contribution is 5.93. The molecule has 0 aromatic heterocycles. The van der Waals surface area contributed by atoms with Gasteiger partial charge in [-0.25, -0.2) is 4.79 Å². The van der Waals surface area contributed by atoms with E-state index in [-0.39, 0.29) is 24.4 Å². The van der Waals surface area contributed by atoms with Crippen LogP contribution in [0.25, 0.3) is 0 Å². The van der Waals surface area contributed by atoms with Crippen LogP contribution < -0.4 is 0 Å². The number of carbonyl (C=O) groups excluding carboxylic acids is 2. The van der Waals surface area contributed by atoms with Crippen molar-refractivity contribution in [2.24, 2.45) is 22.7 Å². The molecule has 1 aromatic rings. The molecule has 8 atom stereocenters. The maximum atomic E-state index is 14.6. The Balaban J connectivity index is 2.00. The third-order valence-corrected chi connectivity index (χ3v) is 9.71. The summed E-state index contributed by atoms with van der Waals surface area (Å²) in [5, 5.41) is 12.8. The molecule has 0 amide bonds. The van der Waals surface area contributed by atoms with E-state index in [4.69, 9.17) is 18.9 Å². The molecule has 7 heteroatoms. The third-order valence-electron chi connectivity index (χ3n) is 9.71. The van der Waals surface area contributed by atoms with Crippen molar-refractivity contribution < 1.29 is 33.6 Å². The first-order valence-corrected chi connectivity index (χ1v) is 13.3. The molecule has 1 saturated heterocycles. The van der Waals surface area contributed by atoms with E-state index in [1.807, 2.05) is 47.6 Å². The number of allylic oxidation sites excluding steroid dienone is 1. The van der Waals surface area contributed by atoms with Crippen LogP contribution in [0.15, 0.2) is 41.5 Å². The lowest BCUT2D eigenvalue weighted by Gasteiger charge is -2.60. The number of rotatable bonds is 4. The van der Waals surface area contributed by atoms with Crippen molar-refractivity contribution in [3.05, 3.63) is 47.0 Å². The van der Waals surface area contributed by atoms with Gasteiger partial charge in [0.15, 0.2) is 5.78 Å². The van der Waals surface area contributed by atoms with Crippen molar-refractivity contribution >= 4 is 11.8 Å². The Morgan fingerprint density at radius 3 is 2.32 bits per heavy atom. The van der Waals surface area contributed by atoms with Gasteiger partial charge in [0.1, 0.15) is 17.8 Å². The zero-order valence-corrected chi connectivity index (χ0v) is 23.4. The molecule has 3 aliphatic rings. The van der Waals surface area contributed by atoms with Crippen LogP contribution in [-0.2, 0) is 23.7 Å². The Morgan fingerprint density at radius 2 is 1.73 bits per heavy atom. The Morgan fingerprint density at radius 1 is 1.08 bits per heavy atom. The fourth-order valence-electron chi connectivity index (χ4n) is 7.16. The number of ketones is 1. The van der Waals surface area contributed by atoms with Gasteiger partial charge in [-0.15, -0.1) is 0 Å². The van der Waals surface area contributed by atoms with E-state index in [0.717, 1.165) is 11.1 Å². The molecule has 7 nitrogen and oxygen atoms in total. The number of esters is 1. The Kier molecular flexibility index (Phi) is 7.49. The van der Waals surface area contributed by atoms with Gasteiger partial charge < -0.3 is 24.1 Å². The van der Waals surface area contributed by atoms with Crippen molar-refractivity contribution in [1.29, 1.82) is 0 Å². The van der Waals surface area contributed by atoms with Crippen LogP contribution in [0.2, 0.25) is 0 Å². The first-order chi connectivity index (χ1) is 17.3. The van der Waals surface area contributed by atoms with Gasteiger partial charge in [0, 0.05) is 32.0 Å². The van der Waals surface area contributed by atoms with Crippen LogP contribution in [0.4, 0.5) is 0 Å². The first kappa shape index (κ1) is 28.0. The Hall–Kier alpha value is -2.06. The number of methoxy groups -OCH3 is 2. The fourth-order valence-corrected chi connectivity index (χ4v) is 7.16. The summed E-state index contributed by atoms with van der Waals surface area (Å²) in [4.78, 5) is 28.2. The molecule has 1 saturated carbocycles. The van der Waals surface area contributed by atoms with Gasteiger partial charge in [-0.3, -0.25) is 4.79 Å². The van der Waals surface area contributed by atoms with Gasteiger partial charge in [-0.05, 0) is 50.8 Å². The second-order valence-electron chi connectivity index (χ2n) is 11.9. The van der Waals surface area contributed by atoms with E-state index in [0.29, 0.717) is 18.4 Å². The molecule has 1 aromatic carbocycles. The van der Waals surface area contributed by atoms with Gasteiger partial charge in [0.2, 0.25) is 0 Å². The lowest BCUT2D eigenvalue weighted by Crippen LogP contribution is -2.70. The van der Waals surface area contributed by atoms with E-state index in [9.17, 15) is 14.7 Å². The molecule has 2 aliphatic carbocycles. The Labute approximate surface area is 220 Å². The SMILES string of the molecule is CO[C@H]1C(=O)[C@]2(C)[C@@H](OC)C[C@H](C)OC[C@H]2[C@H](OC(=O)c2ccccc2)[C@]2(O)C[C@H](C)C(C)=C1C2(C)C. The second kappa shape index (κ2) is 9.92. The summed E-state index contributed by atoms with van der Waals surface area (Å²) in [5.41, 5.74) is -1.41.